The molecular formula is C19H22ClNO4. The summed E-state index contributed by atoms with van der Waals surface area (Å²) >= 11 is 6.16. The number of anilines is 1. The number of methoxy groups -OCH3 is 2. The number of carbonyl (C=O) groups is 1. The van der Waals surface area contributed by atoms with Crippen molar-refractivity contribution in [1.82, 2.24) is 0 Å². The van der Waals surface area contributed by atoms with Gasteiger partial charge in [0.15, 0.2) is 6.10 Å². The monoisotopic (exact) mass is 363 g/mol. The van der Waals surface area contributed by atoms with Gasteiger partial charge in [-0.05, 0) is 56.2 Å². The largest absolute Gasteiger partial charge is 0.497 e. The molecule has 0 aromatic heterocycles. The highest BCUT2D eigenvalue weighted by atomic mass is 35.5. The lowest BCUT2D eigenvalue weighted by Gasteiger charge is -2.17. The van der Waals surface area contributed by atoms with Gasteiger partial charge in [0, 0.05) is 11.1 Å². The molecule has 0 aliphatic carbocycles. The molecule has 0 heterocycles. The SMILES string of the molecule is COc1ccc(OC)c(NC(=O)C(C)Oc2cc(C)c(Cl)c(C)c2)c1. The fourth-order valence-corrected chi connectivity index (χ4v) is 2.49. The minimum Gasteiger partial charge on any atom is -0.497 e. The predicted molar refractivity (Wildman–Crippen MR) is 99.2 cm³/mol. The Balaban J connectivity index is 2.13. The zero-order valence-electron chi connectivity index (χ0n) is 15.0. The van der Waals surface area contributed by atoms with Gasteiger partial charge in [-0.1, -0.05) is 11.6 Å². The van der Waals surface area contributed by atoms with Crippen molar-refractivity contribution in [2.45, 2.75) is 26.9 Å². The van der Waals surface area contributed by atoms with Gasteiger partial charge >= 0.3 is 0 Å². The van der Waals surface area contributed by atoms with Gasteiger partial charge in [0.2, 0.25) is 0 Å². The normalized spacial score (nSPS) is 11.6. The Hall–Kier alpha value is -2.40. The summed E-state index contributed by atoms with van der Waals surface area (Å²) in [5.41, 5.74) is 2.32. The molecule has 0 spiro atoms. The average Bonchev–Trinajstić information content (AvgIpc) is 2.59. The summed E-state index contributed by atoms with van der Waals surface area (Å²) < 4.78 is 16.2. The highest BCUT2D eigenvalue weighted by molar-refractivity contribution is 6.32. The smallest absolute Gasteiger partial charge is 0.265 e. The number of carbonyl (C=O) groups excluding carboxylic acids is 1. The lowest BCUT2D eigenvalue weighted by molar-refractivity contribution is -0.122. The zero-order chi connectivity index (χ0) is 18.6. The summed E-state index contributed by atoms with van der Waals surface area (Å²) in [5, 5.41) is 3.50. The van der Waals surface area contributed by atoms with Gasteiger partial charge in [0.25, 0.3) is 5.91 Å². The van der Waals surface area contributed by atoms with E-state index in [4.69, 9.17) is 25.8 Å². The number of benzene rings is 2. The number of aryl methyl sites for hydroxylation is 2. The highest BCUT2D eigenvalue weighted by Gasteiger charge is 2.18. The molecule has 1 unspecified atom stereocenters. The molecule has 0 radical (unpaired) electrons. The Morgan fingerprint density at radius 1 is 1.04 bits per heavy atom. The van der Waals surface area contributed by atoms with Crippen LogP contribution in [0, 0.1) is 13.8 Å². The average molecular weight is 364 g/mol. The van der Waals surface area contributed by atoms with Gasteiger partial charge in [-0.25, -0.2) is 0 Å². The van der Waals surface area contributed by atoms with E-state index in [1.54, 1.807) is 32.2 Å². The zero-order valence-corrected chi connectivity index (χ0v) is 15.7. The van der Waals surface area contributed by atoms with Crippen molar-refractivity contribution in [3.05, 3.63) is 46.5 Å². The molecule has 2 rings (SSSR count). The third-order valence-corrected chi connectivity index (χ3v) is 4.35. The molecule has 25 heavy (non-hydrogen) atoms. The Morgan fingerprint density at radius 2 is 1.68 bits per heavy atom. The van der Waals surface area contributed by atoms with Gasteiger partial charge in [0.05, 0.1) is 19.9 Å². The Morgan fingerprint density at radius 3 is 2.24 bits per heavy atom. The fourth-order valence-electron chi connectivity index (χ4n) is 2.38. The van der Waals surface area contributed by atoms with E-state index in [2.05, 4.69) is 5.32 Å². The predicted octanol–water partition coefficient (Wildman–Crippen LogP) is 4.38. The third kappa shape index (κ3) is 4.57. The van der Waals surface area contributed by atoms with E-state index in [9.17, 15) is 4.79 Å². The number of rotatable bonds is 6. The molecule has 5 nitrogen and oxygen atoms in total. The summed E-state index contributed by atoms with van der Waals surface area (Å²) in [6.07, 6.45) is -0.698. The standard InChI is InChI=1S/C19H22ClNO4/c1-11-8-15(9-12(2)18(11)20)25-13(3)19(22)21-16-10-14(23-4)6-7-17(16)24-5/h6-10,13H,1-5H3,(H,21,22). The van der Waals surface area contributed by atoms with E-state index < -0.39 is 6.10 Å². The van der Waals surface area contributed by atoms with Crippen LogP contribution >= 0.6 is 11.6 Å². The fraction of sp³-hybridized carbons (Fsp3) is 0.316. The van der Waals surface area contributed by atoms with Crippen molar-refractivity contribution >= 4 is 23.2 Å². The molecular weight excluding hydrogens is 342 g/mol. The van der Waals surface area contributed by atoms with Crippen LogP contribution in [0.2, 0.25) is 5.02 Å². The molecule has 0 fully saturated rings. The van der Waals surface area contributed by atoms with Gasteiger partial charge in [-0.15, -0.1) is 0 Å². The van der Waals surface area contributed by atoms with Crippen LogP contribution in [0.5, 0.6) is 17.2 Å². The minimum absolute atomic E-state index is 0.295. The maximum Gasteiger partial charge on any atom is 0.265 e. The molecule has 6 heteroatoms. The molecule has 0 saturated carbocycles. The Kier molecular flexibility index (Phi) is 6.15. The van der Waals surface area contributed by atoms with E-state index in [0.717, 1.165) is 11.1 Å². The maximum absolute atomic E-state index is 12.5. The summed E-state index contributed by atoms with van der Waals surface area (Å²) in [4.78, 5) is 12.5. The molecule has 0 saturated heterocycles. The first-order valence-electron chi connectivity index (χ1n) is 7.82. The van der Waals surface area contributed by atoms with Crippen molar-refractivity contribution in [3.8, 4) is 17.2 Å². The number of nitrogens with one attached hydrogen (secondary N) is 1. The van der Waals surface area contributed by atoms with Crippen LogP contribution in [0.4, 0.5) is 5.69 Å². The van der Waals surface area contributed by atoms with Crippen LogP contribution in [-0.4, -0.2) is 26.2 Å². The van der Waals surface area contributed by atoms with E-state index in [1.807, 2.05) is 26.0 Å². The lowest BCUT2D eigenvalue weighted by Crippen LogP contribution is -2.30. The van der Waals surface area contributed by atoms with Crippen molar-refractivity contribution in [3.63, 3.8) is 0 Å². The number of hydrogen-bond acceptors (Lipinski definition) is 4. The van der Waals surface area contributed by atoms with Gasteiger partial charge in [-0.3, -0.25) is 4.79 Å². The first-order valence-corrected chi connectivity index (χ1v) is 8.19. The van der Waals surface area contributed by atoms with Crippen LogP contribution < -0.4 is 19.5 Å². The second kappa shape index (κ2) is 8.12. The quantitative estimate of drug-likeness (QED) is 0.827. The summed E-state index contributed by atoms with van der Waals surface area (Å²) in [5.74, 6) is 1.46. The summed E-state index contributed by atoms with van der Waals surface area (Å²) in [6.45, 7) is 5.48. The Bertz CT molecular complexity index is 753. The molecule has 1 amide bonds. The number of hydrogen-bond donors (Lipinski definition) is 1. The molecule has 2 aromatic rings. The van der Waals surface area contributed by atoms with Crippen LogP contribution in [0.3, 0.4) is 0 Å². The Labute approximate surface area is 152 Å². The molecule has 0 bridgehead atoms. The highest BCUT2D eigenvalue weighted by Crippen LogP contribution is 2.30. The maximum atomic E-state index is 12.5. The number of amides is 1. The molecule has 2 aromatic carbocycles. The van der Waals surface area contributed by atoms with Crippen LogP contribution in [-0.2, 0) is 4.79 Å². The molecule has 0 aliphatic rings. The van der Waals surface area contributed by atoms with Crippen molar-refractivity contribution < 1.29 is 19.0 Å². The topological polar surface area (TPSA) is 56.8 Å². The second-order valence-corrected chi connectivity index (χ2v) is 6.06. The van der Waals surface area contributed by atoms with E-state index in [0.29, 0.717) is 28.0 Å². The molecule has 134 valence electrons. The van der Waals surface area contributed by atoms with Crippen LogP contribution in [0.15, 0.2) is 30.3 Å². The lowest BCUT2D eigenvalue weighted by atomic mass is 10.1. The van der Waals surface area contributed by atoms with Crippen molar-refractivity contribution in [2.24, 2.45) is 0 Å². The first-order chi connectivity index (χ1) is 11.8. The van der Waals surface area contributed by atoms with Gasteiger partial charge in [-0.2, -0.15) is 0 Å². The van der Waals surface area contributed by atoms with E-state index in [-0.39, 0.29) is 5.91 Å². The van der Waals surface area contributed by atoms with Gasteiger partial charge in [0.1, 0.15) is 17.2 Å². The summed E-state index contributed by atoms with van der Waals surface area (Å²) in [6, 6.07) is 8.80. The molecule has 1 atom stereocenters. The molecule has 1 N–H and O–H groups in total. The number of halogens is 1. The van der Waals surface area contributed by atoms with Crippen molar-refractivity contribution in [2.75, 3.05) is 19.5 Å². The van der Waals surface area contributed by atoms with Gasteiger partial charge < -0.3 is 19.5 Å². The van der Waals surface area contributed by atoms with E-state index in [1.165, 1.54) is 7.11 Å². The van der Waals surface area contributed by atoms with Crippen LogP contribution in [0.1, 0.15) is 18.1 Å². The minimum atomic E-state index is -0.698. The van der Waals surface area contributed by atoms with E-state index >= 15 is 0 Å². The second-order valence-electron chi connectivity index (χ2n) is 5.69. The number of ether oxygens (including phenoxy) is 3. The summed E-state index contributed by atoms with van der Waals surface area (Å²) in [7, 11) is 3.10. The third-order valence-electron chi connectivity index (χ3n) is 3.76. The van der Waals surface area contributed by atoms with Crippen LogP contribution in [0.25, 0.3) is 0 Å². The molecule has 0 aliphatic heterocycles. The van der Waals surface area contributed by atoms with Crippen molar-refractivity contribution in [1.29, 1.82) is 0 Å². The first kappa shape index (κ1) is 18.9.